The first-order chi connectivity index (χ1) is 20.6. The van der Waals surface area contributed by atoms with Gasteiger partial charge in [-0.1, -0.05) is 6.07 Å². The van der Waals surface area contributed by atoms with Crippen molar-refractivity contribution in [1.82, 2.24) is 30.0 Å². The van der Waals surface area contributed by atoms with E-state index in [1.807, 2.05) is 10.9 Å². The van der Waals surface area contributed by atoms with E-state index in [9.17, 15) is 26.7 Å². The van der Waals surface area contributed by atoms with Crippen LogP contribution >= 0.6 is 0 Å². The van der Waals surface area contributed by atoms with Crippen LogP contribution in [-0.4, -0.2) is 56.4 Å². The summed E-state index contributed by atoms with van der Waals surface area (Å²) in [5.74, 6) is -3.02. The quantitative estimate of drug-likeness (QED) is 0.253. The zero-order valence-electron chi connectivity index (χ0n) is 22.8. The predicted molar refractivity (Wildman–Crippen MR) is 149 cm³/mol. The van der Waals surface area contributed by atoms with E-state index in [-0.39, 0.29) is 30.8 Å². The summed E-state index contributed by atoms with van der Waals surface area (Å²) in [5, 5.41) is 13.9. The van der Waals surface area contributed by atoms with E-state index in [1.54, 1.807) is 30.6 Å². The molecule has 0 aliphatic carbocycles. The van der Waals surface area contributed by atoms with Crippen LogP contribution in [0.3, 0.4) is 0 Å². The number of benzene rings is 2. The number of piperidine rings is 1. The second-order valence-corrected chi connectivity index (χ2v) is 10.5. The van der Waals surface area contributed by atoms with E-state index in [4.69, 9.17) is 0 Å². The lowest BCUT2D eigenvalue weighted by Gasteiger charge is -2.29. The molecule has 0 unspecified atom stereocenters. The van der Waals surface area contributed by atoms with Gasteiger partial charge in [-0.25, -0.2) is 13.8 Å². The zero-order chi connectivity index (χ0) is 30.1. The molecule has 43 heavy (non-hydrogen) atoms. The van der Waals surface area contributed by atoms with Gasteiger partial charge >= 0.3 is 12.1 Å². The fraction of sp³-hybridized carbons (Fsp3) is 0.310. The molecule has 0 bridgehead atoms. The Morgan fingerprint density at radius 1 is 0.953 bits per heavy atom. The minimum atomic E-state index is -4.95. The van der Waals surface area contributed by atoms with Crippen LogP contribution in [0.15, 0.2) is 55.0 Å². The maximum atomic E-state index is 13.8. The number of hydrogen-bond donors (Lipinski definition) is 3. The molecule has 2 aliphatic heterocycles. The van der Waals surface area contributed by atoms with Gasteiger partial charge in [-0.15, -0.1) is 0 Å². The largest absolute Gasteiger partial charge is 0.471 e. The molecule has 2 aliphatic rings. The molecule has 4 aromatic rings. The molecular formula is C29H27F5N8O. The van der Waals surface area contributed by atoms with Crippen molar-refractivity contribution < 1.29 is 26.7 Å². The molecule has 1 saturated heterocycles. The summed E-state index contributed by atoms with van der Waals surface area (Å²) in [4.78, 5) is 21.6. The highest BCUT2D eigenvalue weighted by Crippen LogP contribution is 2.33. The van der Waals surface area contributed by atoms with Gasteiger partial charge in [-0.3, -0.25) is 9.48 Å². The summed E-state index contributed by atoms with van der Waals surface area (Å²) in [7, 11) is 0. The van der Waals surface area contributed by atoms with Crippen LogP contribution in [0.25, 0.3) is 11.1 Å². The number of hydrogen-bond acceptors (Lipinski definition) is 7. The van der Waals surface area contributed by atoms with Crippen molar-refractivity contribution >= 4 is 29.0 Å². The Balaban J connectivity index is 1.32. The number of halogens is 5. The van der Waals surface area contributed by atoms with Gasteiger partial charge in [0.2, 0.25) is 5.95 Å². The fourth-order valence-corrected chi connectivity index (χ4v) is 5.38. The van der Waals surface area contributed by atoms with E-state index >= 15 is 0 Å². The lowest BCUT2D eigenvalue weighted by atomic mass is 9.99. The second-order valence-electron chi connectivity index (χ2n) is 10.5. The maximum absolute atomic E-state index is 13.8. The highest BCUT2D eigenvalue weighted by Gasteiger charge is 2.43. The molecule has 3 N–H and O–H groups in total. The molecule has 14 heteroatoms. The number of nitrogens with zero attached hydrogens (tertiary/aromatic N) is 5. The Morgan fingerprint density at radius 3 is 2.47 bits per heavy atom. The normalized spacial score (nSPS) is 15.7. The van der Waals surface area contributed by atoms with Crippen LogP contribution in [0.1, 0.15) is 30.0 Å². The number of fused-ring (bicyclic) bond motifs is 1. The highest BCUT2D eigenvalue weighted by atomic mass is 19.4. The molecule has 0 saturated carbocycles. The Morgan fingerprint density at radius 2 is 1.72 bits per heavy atom. The summed E-state index contributed by atoms with van der Waals surface area (Å²) in [6.45, 7) is 1.58. The molecule has 224 valence electrons. The molecule has 0 radical (unpaired) electrons. The van der Waals surface area contributed by atoms with Crippen LogP contribution in [0, 0.1) is 11.6 Å². The van der Waals surface area contributed by atoms with Crippen molar-refractivity contribution in [1.29, 1.82) is 0 Å². The van der Waals surface area contributed by atoms with Gasteiger partial charge in [0, 0.05) is 54.1 Å². The Hall–Kier alpha value is -4.59. The number of carbonyl (C=O) groups is 1. The van der Waals surface area contributed by atoms with Gasteiger partial charge < -0.3 is 20.9 Å². The van der Waals surface area contributed by atoms with E-state index in [1.165, 1.54) is 0 Å². The average Bonchev–Trinajstić information content (AvgIpc) is 3.46. The first kappa shape index (κ1) is 28.5. The summed E-state index contributed by atoms with van der Waals surface area (Å²) in [6.07, 6.45) is 2.37. The van der Waals surface area contributed by atoms with Crippen LogP contribution in [0.2, 0.25) is 0 Å². The van der Waals surface area contributed by atoms with Crippen molar-refractivity contribution in [2.24, 2.45) is 0 Å². The van der Waals surface area contributed by atoms with Gasteiger partial charge in [-0.2, -0.15) is 23.3 Å². The van der Waals surface area contributed by atoms with Crippen LogP contribution < -0.4 is 16.0 Å². The van der Waals surface area contributed by atoms with E-state index < -0.39 is 23.7 Å². The first-order valence-corrected chi connectivity index (χ1v) is 13.7. The minimum Gasteiger partial charge on any atom is -0.340 e. The fourth-order valence-electron chi connectivity index (χ4n) is 5.38. The molecule has 1 fully saturated rings. The number of rotatable bonds is 6. The lowest BCUT2D eigenvalue weighted by Crippen LogP contribution is -2.43. The van der Waals surface area contributed by atoms with Gasteiger partial charge in [-0.05, 0) is 67.7 Å². The Kier molecular flexibility index (Phi) is 7.69. The third-order valence-corrected chi connectivity index (χ3v) is 7.51. The van der Waals surface area contributed by atoms with Crippen molar-refractivity contribution in [3.8, 4) is 11.1 Å². The number of amides is 1. The smallest absolute Gasteiger partial charge is 0.340 e. The molecule has 4 heterocycles. The predicted octanol–water partition coefficient (Wildman–Crippen LogP) is 5.48. The Labute approximate surface area is 243 Å². The maximum Gasteiger partial charge on any atom is 0.471 e. The third-order valence-electron chi connectivity index (χ3n) is 7.51. The van der Waals surface area contributed by atoms with E-state index in [0.717, 1.165) is 60.2 Å². The molecule has 2 aromatic heterocycles. The summed E-state index contributed by atoms with van der Waals surface area (Å²) < 4.78 is 68.7. The summed E-state index contributed by atoms with van der Waals surface area (Å²) >= 11 is 0. The topological polar surface area (TPSA) is 100 Å². The second kappa shape index (κ2) is 11.6. The lowest BCUT2D eigenvalue weighted by molar-refractivity contribution is -0.186. The minimum absolute atomic E-state index is 0.0229. The van der Waals surface area contributed by atoms with Gasteiger partial charge in [0.25, 0.3) is 0 Å². The van der Waals surface area contributed by atoms with E-state index in [2.05, 4.69) is 31.0 Å². The molecule has 1 amide bonds. The molecular weight excluding hydrogens is 571 g/mol. The standard InChI is InChI=1S/C29H27F5N8O/c30-20-10-21(31)12-23(11-20)39-28-36-14-25(19-13-37-42(16-19)24-3-6-35-7-4-24)26(40-28)38-22-2-1-17-5-8-41(15-18(17)9-22)27(43)29(32,33)34/h1-2,9-14,16,24,35H,3-8,15H2,(H2,36,38,39,40). The van der Waals surface area contributed by atoms with Crippen LogP contribution in [-0.2, 0) is 17.8 Å². The van der Waals surface area contributed by atoms with Gasteiger partial charge in [0.1, 0.15) is 17.5 Å². The number of anilines is 4. The number of nitrogens with one attached hydrogen (secondary N) is 3. The monoisotopic (exact) mass is 598 g/mol. The SMILES string of the molecule is O=C(N1CCc2ccc(Nc3nc(Nc4cc(F)cc(F)c4)ncc3-c3cnn(C4CCNCC4)c3)cc2C1)C(F)(F)F. The number of alkyl halides is 3. The summed E-state index contributed by atoms with van der Waals surface area (Å²) in [6, 6.07) is 8.46. The van der Waals surface area contributed by atoms with Crippen molar-refractivity contribution in [2.75, 3.05) is 30.3 Å². The van der Waals surface area contributed by atoms with Crippen molar-refractivity contribution in [2.45, 2.75) is 38.0 Å². The van der Waals surface area contributed by atoms with Crippen molar-refractivity contribution in [3.05, 3.63) is 77.8 Å². The number of carbonyl (C=O) groups excluding carboxylic acids is 1. The molecule has 2 aromatic carbocycles. The first-order valence-electron chi connectivity index (χ1n) is 13.7. The summed E-state index contributed by atoms with van der Waals surface area (Å²) in [5.41, 5.74) is 3.37. The Bertz CT molecular complexity index is 1630. The van der Waals surface area contributed by atoms with Crippen LogP contribution in [0.4, 0.5) is 45.1 Å². The van der Waals surface area contributed by atoms with Crippen LogP contribution in [0.5, 0.6) is 0 Å². The molecule has 9 nitrogen and oxygen atoms in total. The molecule has 6 rings (SSSR count). The number of aromatic nitrogens is 4. The molecule has 0 spiro atoms. The third kappa shape index (κ3) is 6.43. The molecule has 0 atom stereocenters. The highest BCUT2D eigenvalue weighted by molar-refractivity contribution is 5.82. The average molecular weight is 599 g/mol. The van der Waals surface area contributed by atoms with Crippen molar-refractivity contribution in [3.63, 3.8) is 0 Å². The van der Waals surface area contributed by atoms with Gasteiger partial charge in [0.15, 0.2) is 0 Å². The zero-order valence-corrected chi connectivity index (χ0v) is 22.8. The van der Waals surface area contributed by atoms with E-state index in [0.29, 0.717) is 29.1 Å². The van der Waals surface area contributed by atoms with Gasteiger partial charge in [0.05, 0.1) is 12.2 Å².